The molecular formula is C5H8N2. The molecule has 0 heterocycles. The van der Waals surface area contributed by atoms with Crippen molar-refractivity contribution < 1.29 is 0 Å². The molecule has 1 N–H and O–H groups in total. The number of rotatable bonds is 2. The largest absolute Gasteiger partial charge is 0.308 e. The normalized spacial score (nSPS) is 9.29. The summed E-state index contributed by atoms with van der Waals surface area (Å²) in [6.45, 7) is 3.47. The van der Waals surface area contributed by atoms with Crippen LogP contribution >= 0.6 is 0 Å². The Hall–Kier alpha value is -0.920. The lowest BCUT2D eigenvalue weighted by Crippen LogP contribution is -1.79. The Bertz CT molecular complexity index is 103. The van der Waals surface area contributed by atoms with E-state index in [-0.39, 0.29) is 0 Å². The third-order valence-corrected chi connectivity index (χ3v) is 0.480. The standard InChI is InChI=1S/C5H8N2/c1-5(3-6)4-7-2/h3-4,6H,1H2,2H3. The lowest BCUT2D eigenvalue weighted by molar-refractivity contribution is 1.47. The number of allylic oxidation sites excluding steroid dienone is 1. The highest BCUT2D eigenvalue weighted by Crippen LogP contribution is 1.73. The Morgan fingerprint density at radius 2 is 2.43 bits per heavy atom. The predicted molar refractivity (Wildman–Crippen MR) is 32.3 cm³/mol. The van der Waals surface area contributed by atoms with Crippen molar-refractivity contribution in [2.45, 2.75) is 0 Å². The van der Waals surface area contributed by atoms with Crippen LogP contribution in [0.1, 0.15) is 0 Å². The van der Waals surface area contributed by atoms with E-state index >= 15 is 0 Å². The van der Waals surface area contributed by atoms with Crippen LogP contribution in [-0.4, -0.2) is 19.5 Å². The minimum atomic E-state index is 0.627. The highest BCUT2D eigenvalue weighted by atomic mass is 14.6. The van der Waals surface area contributed by atoms with Crippen molar-refractivity contribution in [3.63, 3.8) is 0 Å². The maximum Gasteiger partial charge on any atom is 0.0290 e. The molecule has 0 saturated carbocycles. The lowest BCUT2D eigenvalue weighted by atomic mass is 10.4. The summed E-state index contributed by atoms with van der Waals surface area (Å²) in [5, 5.41) is 6.60. The molecule has 0 aromatic heterocycles. The Morgan fingerprint density at radius 1 is 1.86 bits per heavy atom. The first-order chi connectivity index (χ1) is 3.31. The van der Waals surface area contributed by atoms with Crippen LogP contribution in [-0.2, 0) is 0 Å². The Labute approximate surface area is 43.1 Å². The van der Waals surface area contributed by atoms with E-state index in [4.69, 9.17) is 5.41 Å². The molecule has 0 aliphatic carbocycles. The van der Waals surface area contributed by atoms with Crippen LogP contribution in [0.25, 0.3) is 0 Å². The summed E-state index contributed by atoms with van der Waals surface area (Å²) in [6, 6.07) is 0. The molecule has 38 valence electrons. The zero-order valence-electron chi connectivity index (χ0n) is 4.31. The van der Waals surface area contributed by atoms with Crippen molar-refractivity contribution in [2.75, 3.05) is 7.05 Å². The van der Waals surface area contributed by atoms with E-state index in [1.807, 2.05) is 0 Å². The summed E-state index contributed by atoms with van der Waals surface area (Å²) in [6.07, 6.45) is 2.69. The van der Waals surface area contributed by atoms with Crippen molar-refractivity contribution in [3.8, 4) is 0 Å². The molecule has 0 bridgehead atoms. The Balaban J connectivity index is 3.58. The molecule has 0 amide bonds. The van der Waals surface area contributed by atoms with Gasteiger partial charge in [0.05, 0.1) is 0 Å². The van der Waals surface area contributed by atoms with Gasteiger partial charge in [0, 0.05) is 25.0 Å². The fraction of sp³-hybridized carbons (Fsp3) is 0.200. The average Bonchev–Trinajstić information content (AvgIpc) is 1.68. The van der Waals surface area contributed by atoms with Gasteiger partial charge in [0.25, 0.3) is 0 Å². The zero-order chi connectivity index (χ0) is 5.70. The topological polar surface area (TPSA) is 36.2 Å². The van der Waals surface area contributed by atoms with Gasteiger partial charge in [-0.2, -0.15) is 0 Å². The number of aliphatic imine (C=N–C) groups is 1. The minimum absolute atomic E-state index is 0.627. The van der Waals surface area contributed by atoms with E-state index in [2.05, 4.69) is 11.6 Å². The number of nitrogens with zero attached hydrogens (tertiary/aromatic N) is 1. The second kappa shape index (κ2) is 3.28. The van der Waals surface area contributed by atoms with Gasteiger partial charge in [-0.05, 0) is 0 Å². The molecule has 0 rings (SSSR count). The molecule has 0 aromatic rings. The summed E-state index contributed by atoms with van der Waals surface area (Å²) in [7, 11) is 1.65. The Morgan fingerprint density at radius 3 is 2.57 bits per heavy atom. The molecule has 0 atom stereocenters. The van der Waals surface area contributed by atoms with Crippen molar-refractivity contribution in [1.82, 2.24) is 0 Å². The second-order valence-corrected chi connectivity index (χ2v) is 1.11. The van der Waals surface area contributed by atoms with Gasteiger partial charge in [0.15, 0.2) is 0 Å². The predicted octanol–water partition coefficient (Wildman–Crippen LogP) is 0.893. The van der Waals surface area contributed by atoms with Crippen LogP contribution in [0, 0.1) is 5.41 Å². The first-order valence-corrected chi connectivity index (χ1v) is 1.92. The third kappa shape index (κ3) is 2.89. The molecule has 2 heteroatoms. The van der Waals surface area contributed by atoms with Gasteiger partial charge in [0.2, 0.25) is 0 Å². The van der Waals surface area contributed by atoms with Crippen LogP contribution in [0.2, 0.25) is 0 Å². The molecule has 0 spiro atoms. The van der Waals surface area contributed by atoms with E-state index in [1.54, 1.807) is 7.05 Å². The van der Waals surface area contributed by atoms with E-state index in [0.29, 0.717) is 5.57 Å². The van der Waals surface area contributed by atoms with E-state index in [1.165, 1.54) is 6.21 Å². The van der Waals surface area contributed by atoms with Gasteiger partial charge in [0.1, 0.15) is 0 Å². The third-order valence-electron chi connectivity index (χ3n) is 0.480. The van der Waals surface area contributed by atoms with Gasteiger partial charge >= 0.3 is 0 Å². The van der Waals surface area contributed by atoms with E-state index in [9.17, 15) is 0 Å². The monoisotopic (exact) mass is 96.1 g/mol. The Kier molecular flexibility index (Phi) is 2.85. The van der Waals surface area contributed by atoms with Crippen molar-refractivity contribution >= 4 is 12.4 Å². The quantitative estimate of drug-likeness (QED) is 0.496. The molecule has 0 saturated heterocycles. The zero-order valence-corrected chi connectivity index (χ0v) is 4.31. The highest BCUT2D eigenvalue weighted by Gasteiger charge is 1.72. The first kappa shape index (κ1) is 6.08. The summed E-state index contributed by atoms with van der Waals surface area (Å²) in [5.41, 5.74) is 0.627. The van der Waals surface area contributed by atoms with Gasteiger partial charge in [-0.15, -0.1) is 0 Å². The average molecular weight is 96.1 g/mol. The fourth-order valence-corrected chi connectivity index (χ4v) is 0.203. The van der Waals surface area contributed by atoms with E-state index < -0.39 is 0 Å². The first-order valence-electron chi connectivity index (χ1n) is 1.92. The summed E-state index contributed by atoms with van der Waals surface area (Å²) < 4.78 is 0. The highest BCUT2D eigenvalue weighted by molar-refractivity contribution is 6.01. The van der Waals surface area contributed by atoms with Crippen molar-refractivity contribution in [2.24, 2.45) is 4.99 Å². The van der Waals surface area contributed by atoms with Crippen LogP contribution in [0.4, 0.5) is 0 Å². The number of hydrogen-bond acceptors (Lipinski definition) is 2. The van der Waals surface area contributed by atoms with Crippen molar-refractivity contribution in [3.05, 3.63) is 12.2 Å². The summed E-state index contributed by atoms with van der Waals surface area (Å²) >= 11 is 0. The molecule has 0 fully saturated rings. The van der Waals surface area contributed by atoms with Crippen molar-refractivity contribution in [1.29, 1.82) is 5.41 Å². The van der Waals surface area contributed by atoms with E-state index in [0.717, 1.165) is 6.21 Å². The lowest BCUT2D eigenvalue weighted by Gasteiger charge is -1.77. The molecule has 7 heavy (non-hydrogen) atoms. The smallest absolute Gasteiger partial charge is 0.0290 e. The van der Waals surface area contributed by atoms with Gasteiger partial charge in [-0.3, -0.25) is 4.99 Å². The van der Waals surface area contributed by atoms with Crippen LogP contribution in [0.15, 0.2) is 17.1 Å². The fourth-order valence-electron chi connectivity index (χ4n) is 0.203. The van der Waals surface area contributed by atoms with Crippen LogP contribution in [0.5, 0.6) is 0 Å². The summed E-state index contributed by atoms with van der Waals surface area (Å²) in [5.74, 6) is 0. The summed E-state index contributed by atoms with van der Waals surface area (Å²) in [4.78, 5) is 3.63. The van der Waals surface area contributed by atoms with Gasteiger partial charge < -0.3 is 5.41 Å². The maximum atomic E-state index is 6.60. The SMILES string of the molecule is C=C(C=N)C=NC. The second-order valence-electron chi connectivity index (χ2n) is 1.11. The number of nitrogens with one attached hydrogen (secondary N) is 1. The van der Waals surface area contributed by atoms with Gasteiger partial charge in [-0.25, -0.2) is 0 Å². The molecule has 0 aromatic carbocycles. The molecule has 0 radical (unpaired) electrons. The molecule has 0 aliphatic rings. The maximum absolute atomic E-state index is 6.60. The molecular weight excluding hydrogens is 88.1 g/mol. The minimum Gasteiger partial charge on any atom is -0.308 e. The van der Waals surface area contributed by atoms with Crippen LogP contribution < -0.4 is 0 Å². The van der Waals surface area contributed by atoms with Crippen LogP contribution in [0.3, 0.4) is 0 Å². The molecule has 2 nitrogen and oxygen atoms in total. The van der Waals surface area contributed by atoms with Gasteiger partial charge in [-0.1, -0.05) is 6.58 Å². The molecule has 0 unspecified atom stereocenters. The molecule has 0 aliphatic heterocycles. The number of hydrogen-bond donors (Lipinski definition) is 1.